The van der Waals surface area contributed by atoms with Crippen LogP contribution in [-0.2, 0) is 6.54 Å². The van der Waals surface area contributed by atoms with E-state index in [9.17, 15) is 20.1 Å². The molecule has 0 spiro atoms. The third-order valence-corrected chi connectivity index (χ3v) is 6.63. The molecular weight excluding hydrogens is 366 g/mol. The van der Waals surface area contributed by atoms with Crippen LogP contribution in [0.4, 0.5) is 0 Å². The van der Waals surface area contributed by atoms with E-state index in [4.69, 9.17) is 0 Å². The van der Waals surface area contributed by atoms with Crippen LogP contribution < -0.4 is 0 Å². The monoisotopic (exact) mass is 391 g/mol. The molecule has 1 saturated carbocycles. The van der Waals surface area contributed by atoms with Crippen molar-refractivity contribution in [2.24, 2.45) is 0 Å². The number of aromatic nitrogens is 1. The highest BCUT2D eigenvalue weighted by molar-refractivity contribution is 5.98. The van der Waals surface area contributed by atoms with E-state index in [0.29, 0.717) is 5.92 Å². The summed E-state index contributed by atoms with van der Waals surface area (Å²) in [6.45, 7) is 0.234. The molecule has 0 amide bonds. The van der Waals surface area contributed by atoms with Gasteiger partial charge in [-0.15, -0.1) is 0 Å². The Hall–Kier alpha value is -2.63. The number of aliphatic hydroxyl groups is 2. The number of hydrogen-bond acceptors (Lipinski definition) is 3. The molecule has 0 saturated heterocycles. The molecule has 1 aliphatic heterocycles. The van der Waals surface area contributed by atoms with Crippen molar-refractivity contribution in [3.63, 3.8) is 0 Å². The van der Waals surface area contributed by atoms with Gasteiger partial charge in [-0.1, -0.05) is 49.6 Å². The predicted molar refractivity (Wildman–Crippen MR) is 111 cm³/mol. The Kier molecular flexibility index (Phi) is 4.45. The largest absolute Gasteiger partial charge is 0.478 e. The van der Waals surface area contributed by atoms with E-state index in [1.165, 1.54) is 24.8 Å². The molecule has 3 N–H and O–H groups in total. The molecule has 5 heteroatoms. The van der Waals surface area contributed by atoms with Gasteiger partial charge in [-0.05, 0) is 42.0 Å². The van der Waals surface area contributed by atoms with E-state index in [1.54, 1.807) is 12.1 Å². The molecule has 5 rings (SSSR count). The van der Waals surface area contributed by atoms with Crippen molar-refractivity contribution in [1.29, 1.82) is 0 Å². The third kappa shape index (κ3) is 2.88. The topological polar surface area (TPSA) is 82.7 Å². The molecule has 2 aromatic carbocycles. The lowest BCUT2D eigenvalue weighted by molar-refractivity contribution is 0.0112. The van der Waals surface area contributed by atoms with Crippen LogP contribution in [0.25, 0.3) is 22.2 Å². The zero-order valence-electron chi connectivity index (χ0n) is 16.2. The van der Waals surface area contributed by atoms with Gasteiger partial charge in [0.1, 0.15) is 12.2 Å². The van der Waals surface area contributed by atoms with Gasteiger partial charge in [-0.3, -0.25) is 0 Å². The van der Waals surface area contributed by atoms with E-state index >= 15 is 0 Å². The minimum absolute atomic E-state index is 0.234. The minimum atomic E-state index is -0.969. The Morgan fingerprint density at radius 1 is 1.00 bits per heavy atom. The van der Waals surface area contributed by atoms with Gasteiger partial charge in [0.05, 0.1) is 17.8 Å². The molecule has 5 nitrogen and oxygen atoms in total. The number of carboxylic acid groups (broad SMARTS) is 1. The lowest BCUT2D eigenvalue weighted by Gasteiger charge is -2.24. The maximum Gasteiger partial charge on any atom is 0.335 e. The van der Waals surface area contributed by atoms with Gasteiger partial charge in [0.2, 0.25) is 0 Å². The van der Waals surface area contributed by atoms with Crippen molar-refractivity contribution in [2.75, 3.05) is 0 Å². The summed E-state index contributed by atoms with van der Waals surface area (Å²) in [5, 5.41) is 32.1. The summed E-state index contributed by atoms with van der Waals surface area (Å²) in [4.78, 5) is 11.6. The number of nitrogens with zero attached hydrogens (tertiary/aromatic N) is 1. The summed E-state index contributed by atoms with van der Waals surface area (Å²) in [5.74, 6) is -0.560. The zero-order chi connectivity index (χ0) is 20.1. The van der Waals surface area contributed by atoms with Crippen molar-refractivity contribution in [3.8, 4) is 11.3 Å². The van der Waals surface area contributed by atoms with Gasteiger partial charge in [-0.25, -0.2) is 4.79 Å². The fourth-order valence-corrected chi connectivity index (χ4v) is 5.26. The Bertz CT molecular complexity index is 1090. The Balaban J connectivity index is 1.87. The number of benzene rings is 2. The minimum Gasteiger partial charge on any atom is -0.478 e. The molecule has 0 unspecified atom stereocenters. The first-order valence-corrected chi connectivity index (χ1v) is 10.4. The number of aromatic carboxylic acids is 1. The van der Waals surface area contributed by atoms with Crippen LogP contribution in [0, 0.1) is 0 Å². The normalized spacial score (nSPS) is 22.1. The van der Waals surface area contributed by atoms with Crippen LogP contribution in [0.5, 0.6) is 0 Å². The molecule has 2 aliphatic rings. The van der Waals surface area contributed by atoms with E-state index in [1.807, 2.05) is 34.9 Å². The lowest BCUT2D eigenvalue weighted by Crippen LogP contribution is -2.22. The molecule has 2 atom stereocenters. The number of hydrogen-bond donors (Lipinski definition) is 3. The summed E-state index contributed by atoms with van der Waals surface area (Å²) in [7, 11) is 0. The average Bonchev–Trinajstić information content (AvgIpc) is 3.01. The maximum atomic E-state index is 11.6. The van der Waals surface area contributed by atoms with Crippen molar-refractivity contribution in [2.45, 2.75) is 56.8 Å². The quantitative estimate of drug-likeness (QED) is 0.602. The number of carboxylic acids is 1. The maximum absolute atomic E-state index is 11.6. The summed E-state index contributed by atoms with van der Waals surface area (Å²) >= 11 is 0. The van der Waals surface area contributed by atoms with E-state index in [-0.39, 0.29) is 12.1 Å². The second-order valence-electron chi connectivity index (χ2n) is 8.34. The molecule has 3 aromatic rings. The molecular formula is C24H25NO4. The van der Waals surface area contributed by atoms with Crippen LogP contribution in [0.1, 0.15) is 65.6 Å². The molecule has 150 valence electrons. The van der Waals surface area contributed by atoms with Crippen LogP contribution in [0.15, 0.2) is 42.5 Å². The molecule has 2 heterocycles. The highest BCUT2D eigenvalue weighted by atomic mass is 16.4. The molecule has 1 aromatic heterocycles. The third-order valence-electron chi connectivity index (χ3n) is 6.63. The first kappa shape index (κ1) is 18.4. The van der Waals surface area contributed by atoms with Crippen molar-refractivity contribution in [3.05, 3.63) is 59.2 Å². The average molecular weight is 391 g/mol. The van der Waals surface area contributed by atoms with E-state index < -0.39 is 18.2 Å². The van der Waals surface area contributed by atoms with Crippen molar-refractivity contribution < 1.29 is 20.1 Å². The number of rotatable bonds is 2. The van der Waals surface area contributed by atoms with Gasteiger partial charge in [0, 0.05) is 16.5 Å². The molecule has 0 radical (unpaired) electrons. The van der Waals surface area contributed by atoms with Crippen LogP contribution in [-0.4, -0.2) is 32.0 Å². The van der Waals surface area contributed by atoms with Gasteiger partial charge in [-0.2, -0.15) is 0 Å². The predicted octanol–water partition coefficient (Wildman–Crippen LogP) is 4.46. The summed E-state index contributed by atoms with van der Waals surface area (Å²) in [5.41, 5.74) is 5.00. The van der Waals surface area contributed by atoms with Gasteiger partial charge >= 0.3 is 5.97 Å². The Labute approximate surface area is 169 Å². The fraction of sp³-hybridized carbons (Fsp3) is 0.375. The van der Waals surface area contributed by atoms with E-state index in [2.05, 4.69) is 0 Å². The molecule has 1 fully saturated rings. The fourth-order valence-electron chi connectivity index (χ4n) is 5.26. The number of aliphatic hydroxyl groups excluding tert-OH is 2. The molecule has 1 aliphatic carbocycles. The summed E-state index contributed by atoms with van der Waals surface area (Å²) < 4.78 is 2.03. The Morgan fingerprint density at radius 2 is 1.76 bits per heavy atom. The first-order valence-electron chi connectivity index (χ1n) is 10.4. The Morgan fingerprint density at radius 3 is 2.52 bits per heavy atom. The summed E-state index contributed by atoms with van der Waals surface area (Å²) in [6.07, 6.45) is 3.93. The second kappa shape index (κ2) is 7.01. The SMILES string of the molecule is O=C(O)c1ccc2c(C3CCCCC3)c3n(c2c1)C[C@@H](O)[C@@H](O)c1ccccc1-3. The number of carbonyl (C=O) groups is 1. The van der Waals surface area contributed by atoms with Gasteiger partial charge < -0.3 is 19.9 Å². The second-order valence-corrected chi connectivity index (χ2v) is 8.34. The molecule has 0 bridgehead atoms. The summed E-state index contributed by atoms with van der Waals surface area (Å²) in [6, 6.07) is 13.0. The van der Waals surface area contributed by atoms with Gasteiger partial charge in [0.15, 0.2) is 0 Å². The molecule has 29 heavy (non-hydrogen) atoms. The van der Waals surface area contributed by atoms with Gasteiger partial charge in [0.25, 0.3) is 0 Å². The van der Waals surface area contributed by atoms with Crippen molar-refractivity contribution in [1.82, 2.24) is 4.57 Å². The lowest BCUT2D eigenvalue weighted by atomic mass is 9.81. The first-order chi connectivity index (χ1) is 14.1. The van der Waals surface area contributed by atoms with Crippen LogP contribution in [0.2, 0.25) is 0 Å². The van der Waals surface area contributed by atoms with Crippen LogP contribution in [0.3, 0.4) is 0 Å². The smallest absolute Gasteiger partial charge is 0.335 e. The number of fused-ring (bicyclic) bond motifs is 5. The van der Waals surface area contributed by atoms with E-state index in [0.717, 1.165) is 40.6 Å². The zero-order valence-corrected chi connectivity index (χ0v) is 16.2. The highest BCUT2D eigenvalue weighted by Gasteiger charge is 2.33. The standard InChI is InChI=1S/C24H25NO4/c26-20-13-25-19-12-15(24(28)29)10-11-18(19)21(14-6-2-1-3-7-14)22(25)16-8-4-5-9-17(16)23(20)27/h4-5,8-12,14,20,23,26-27H,1-3,6-7,13H2,(H,28,29)/t20-,23+/m1/s1. The van der Waals surface area contributed by atoms with Crippen LogP contribution >= 0.6 is 0 Å². The van der Waals surface area contributed by atoms with Crippen molar-refractivity contribution >= 4 is 16.9 Å². The highest BCUT2D eigenvalue weighted by Crippen LogP contribution is 2.47.